The SMILES string of the molecule is Cc1cc2oc(Nc3ccccc3)c(-c3cccc4ccccc34)c2c(=O)o1. The molecule has 0 saturated heterocycles. The third-order valence-corrected chi connectivity index (χ3v) is 4.82. The summed E-state index contributed by atoms with van der Waals surface area (Å²) in [7, 11) is 0. The number of para-hydroxylation sites is 1. The summed E-state index contributed by atoms with van der Waals surface area (Å²) in [6.07, 6.45) is 0. The Balaban J connectivity index is 1.85. The minimum absolute atomic E-state index is 0.400. The molecule has 0 aliphatic rings. The van der Waals surface area contributed by atoms with Gasteiger partial charge in [-0.05, 0) is 35.4 Å². The normalized spacial score (nSPS) is 11.2. The molecule has 0 spiro atoms. The fraction of sp³-hybridized carbons (Fsp3) is 0.0417. The number of rotatable bonds is 3. The highest BCUT2D eigenvalue weighted by Crippen LogP contribution is 2.41. The minimum atomic E-state index is -0.400. The van der Waals surface area contributed by atoms with Gasteiger partial charge in [0.05, 0.1) is 5.56 Å². The summed E-state index contributed by atoms with van der Waals surface area (Å²) >= 11 is 0. The zero-order valence-electron chi connectivity index (χ0n) is 15.2. The molecule has 4 nitrogen and oxygen atoms in total. The molecule has 136 valence electrons. The fourth-order valence-corrected chi connectivity index (χ4v) is 3.61. The van der Waals surface area contributed by atoms with Gasteiger partial charge in [0.15, 0.2) is 0 Å². The predicted molar refractivity (Wildman–Crippen MR) is 112 cm³/mol. The molecule has 0 aliphatic heterocycles. The standard InChI is InChI=1S/C24H17NO3/c1-15-14-20-22(24(26)27-15)21(23(28-20)25-17-10-3-2-4-11-17)19-13-7-9-16-8-5-6-12-18(16)19/h2-14,25H,1H3. The van der Waals surface area contributed by atoms with Crippen LogP contribution in [0.15, 0.2) is 92.5 Å². The van der Waals surface area contributed by atoms with E-state index < -0.39 is 5.63 Å². The number of furan rings is 1. The van der Waals surface area contributed by atoms with E-state index in [1.165, 1.54) is 0 Å². The highest BCUT2D eigenvalue weighted by Gasteiger charge is 2.22. The molecule has 0 unspecified atom stereocenters. The summed E-state index contributed by atoms with van der Waals surface area (Å²) in [5.74, 6) is 1.04. The van der Waals surface area contributed by atoms with E-state index in [9.17, 15) is 4.79 Å². The molecular weight excluding hydrogens is 350 g/mol. The maximum atomic E-state index is 12.7. The zero-order valence-corrected chi connectivity index (χ0v) is 15.2. The largest absolute Gasteiger partial charge is 0.439 e. The average Bonchev–Trinajstić information content (AvgIpc) is 3.06. The number of aryl methyl sites for hydroxylation is 1. The molecule has 0 amide bonds. The first-order valence-corrected chi connectivity index (χ1v) is 9.08. The Morgan fingerprint density at radius 3 is 2.43 bits per heavy atom. The van der Waals surface area contributed by atoms with Crippen molar-refractivity contribution in [2.24, 2.45) is 0 Å². The van der Waals surface area contributed by atoms with Gasteiger partial charge in [0, 0.05) is 11.8 Å². The van der Waals surface area contributed by atoms with Crippen LogP contribution in [0, 0.1) is 6.92 Å². The number of fused-ring (bicyclic) bond motifs is 2. The van der Waals surface area contributed by atoms with Crippen LogP contribution >= 0.6 is 0 Å². The van der Waals surface area contributed by atoms with Crippen molar-refractivity contribution in [1.29, 1.82) is 0 Å². The van der Waals surface area contributed by atoms with Crippen molar-refractivity contribution in [3.05, 3.63) is 95.0 Å². The molecule has 28 heavy (non-hydrogen) atoms. The smallest absolute Gasteiger partial charge is 0.347 e. The molecule has 0 aliphatic carbocycles. The number of hydrogen-bond donors (Lipinski definition) is 1. The van der Waals surface area contributed by atoms with E-state index in [-0.39, 0.29) is 0 Å². The van der Waals surface area contributed by atoms with Crippen LogP contribution in [0.3, 0.4) is 0 Å². The van der Waals surface area contributed by atoms with Crippen LogP contribution in [0.1, 0.15) is 5.76 Å². The van der Waals surface area contributed by atoms with Crippen molar-refractivity contribution in [1.82, 2.24) is 0 Å². The maximum absolute atomic E-state index is 12.7. The lowest BCUT2D eigenvalue weighted by Crippen LogP contribution is -2.00. The first-order chi connectivity index (χ1) is 13.7. The van der Waals surface area contributed by atoms with Crippen LogP contribution in [0.25, 0.3) is 32.9 Å². The summed E-state index contributed by atoms with van der Waals surface area (Å²) in [5.41, 5.74) is 2.62. The van der Waals surface area contributed by atoms with Crippen LogP contribution in [0.2, 0.25) is 0 Å². The van der Waals surface area contributed by atoms with E-state index in [0.29, 0.717) is 28.2 Å². The van der Waals surface area contributed by atoms with Crippen molar-refractivity contribution < 1.29 is 8.83 Å². The van der Waals surface area contributed by atoms with Gasteiger partial charge in [0.1, 0.15) is 16.7 Å². The Labute approximate surface area is 161 Å². The highest BCUT2D eigenvalue weighted by atomic mass is 16.4. The van der Waals surface area contributed by atoms with Crippen LogP contribution < -0.4 is 10.9 Å². The van der Waals surface area contributed by atoms with E-state index >= 15 is 0 Å². The minimum Gasteiger partial charge on any atom is -0.439 e. The molecule has 4 heteroatoms. The van der Waals surface area contributed by atoms with E-state index in [4.69, 9.17) is 8.83 Å². The third-order valence-electron chi connectivity index (χ3n) is 4.82. The van der Waals surface area contributed by atoms with Crippen molar-refractivity contribution in [2.45, 2.75) is 6.92 Å². The van der Waals surface area contributed by atoms with E-state index in [0.717, 1.165) is 22.0 Å². The van der Waals surface area contributed by atoms with E-state index in [1.807, 2.05) is 60.7 Å². The molecule has 5 rings (SSSR count). The molecule has 0 fully saturated rings. The molecule has 5 aromatic rings. The second-order valence-corrected chi connectivity index (χ2v) is 6.71. The first kappa shape index (κ1) is 16.4. The molecule has 2 aromatic heterocycles. The molecule has 0 saturated carbocycles. The molecular formula is C24H17NO3. The molecule has 1 N–H and O–H groups in total. The van der Waals surface area contributed by atoms with E-state index in [2.05, 4.69) is 17.4 Å². The Hall–Kier alpha value is -3.79. The van der Waals surface area contributed by atoms with Crippen molar-refractivity contribution in [3.8, 4) is 11.1 Å². The lowest BCUT2D eigenvalue weighted by atomic mass is 9.97. The summed E-state index contributed by atoms with van der Waals surface area (Å²) in [5, 5.41) is 5.91. The van der Waals surface area contributed by atoms with Crippen LogP contribution in [0.4, 0.5) is 11.6 Å². The lowest BCUT2D eigenvalue weighted by molar-refractivity contribution is 0.485. The van der Waals surface area contributed by atoms with Crippen LogP contribution in [-0.2, 0) is 0 Å². The lowest BCUT2D eigenvalue weighted by Gasteiger charge is -2.09. The summed E-state index contributed by atoms with van der Waals surface area (Å²) in [6.45, 7) is 1.74. The number of anilines is 2. The van der Waals surface area contributed by atoms with Gasteiger partial charge in [-0.3, -0.25) is 0 Å². The third kappa shape index (κ3) is 2.67. The first-order valence-electron chi connectivity index (χ1n) is 9.08. The number of benzene rings is 3. The summed E-state index contributed by atoms with van der Waals surface area (Å²) < 4.78 is 11.5. The Morgan fingerprint density at radius 2 is 1.57 bits per heavy atom. The van der Waals surface area contributed by atoms with Crippen molar-refractivity contribution in [2.75, 3.05) is 5.32 Å². The second-order valence-electron chi connectivity index (χ2n) is 6.71. The predicted octanol–water partition coefficient (Wildman–Crippen LogP) is 6.26. The van der Waals surface area contributed by atoms with Gasteiger partial charge in [-0.15, -0.1) is 0 Å². The second kappa shape index (κ2) is 6.43. The molecule has 2 heterocycles. The van der Waals surface area contributed by atoms with Gasteiger partial charge in [-0.2, -0.15) is 0 Å². The van der Waals surface area contributed by atoms with Crippen LogP contribution in [0.5, 0.6) is 0 Å². The van der Waals surface area contributed by atoms with Gasteiger partial charge in [-0.1, -0.05) is 60.7 Å². The summed E-state index contributed by atoms with van der Waals surface area (Å²) in [4.78, 5) is 12.7. The number of hydrogen-bond acceptors (Lipinski definition) is 4. The Kier molecular flexibility index (Phi) is 3.76. The van der Waals surface area contributed by atoms with Crippen molar-refractivity contribution >= 4 is 33.3 Å². The van der Waals surface area contributed by atoms with Gasteiger partial charge in [-0.25, -0.2) is 4.79 Å². The maximum Gasteiger partial charge on any atom is 0.347 e. The average molecular weight is 367 g/mol. The molecule has 0 bridgehead atoms. The number of nitrogens with one attached hydrogen (secondary N) is 1. The van der Waals surface area contributed by atoms with Gasteiger partial charge >= 0.3 is 5.63 Å². The molecule has 0 radical (unpaired) electrons. The molecule has 3 aromatic carbocycles. The highest BCUT2D eigenvalue weighted by molar-refractivity contribution is 6.08. The van der Waals surface area contributed by atoms with Gasteiger partial charge in [0.25, 0.3) is 0 Å². The zero-order chi connectivity index (χ0) is 19.1. The quantitative estimate of drug-likeness (QED) is 0.409. The van der Waals surface area contributed by atoms with Gasteiger partial charge in [0.2, 0.25) is 5.88 Å². The topological polar surface area (TPSA) is 55.4 Å². The fourth-order valence-electron chi connectivity index (χ4n) is 3.61. The Morgan fingerprint density at radius 1 is 0.821 bits per heavy atom. The van der Waals surface area contributed by atoms with E-state index in [1.54, 1.807) is 13.0 Å². The summed E-state index contributed by atoms with van der Waals surface area (Å²) in [6, 6.07) is 25.6. The van der Waals surface area contributed by atoms with Gasteiger partial charge < -0.3 is 14.2 Å². The monoisotopic (exact) mass is 367 g/mol. The Bertz CT molecular complexity index is 1360. The van der Waals surface area contributed by atoms with Crippen molar-refractivity contribution in [3.63, 3.8) is 0 Å². The molecule has 0 atom stereocenters. The van der Waals surface area contributed by atoms with Crippen LogP contribution in [-0.4, -0.2) is 0 Å².